The lowest BCUT2D eigenvalue weighted by atomic mass is 10.2. The number of carbonyl (C=O) groups excluding carboxylic acids is 1. The standard InChI is InChI=1S/C15H18N4O4/c1-11(2)23-15(20)8-22-13-5-4-12(6-14(13)21-3)7-18-19-9-16-17-10-19/h4-7,9-11H,8H2,1-3H3/b18-7-. The average Bonchev–Trinajstić information content (AvgIpc) is 3.04. The fraction of sp³-hybridized carbons (Fsp3) is 0.333. The SMILES string of the molecule is COc1cc(/C=N\n2cnnc2)ccc1OCC(=O)OC(C)C. The van der Waals surface area contributed by atoms with E-state index in [1.807, 2.05) is 0 Å². The van der Waals surface area contributed by atoms with E-state index in [-0.39, 0.29) is 12.7 Å². The zero-order valence-electron chi connectivity index (χ0n) is 13.2. The Labute approximate surface area is 133 Å². The molecule has 0 saturated carbocycles. The molecule has 8 heteroatoms. The second kappa shape index (κ2) is 7.92. The van der Waals surface area contributed by atoms with Gasteiger partial charge >= 0.3 is 5.97 Å². The maximum atomic E-state index is 11.5. The highest BCUT2D eigenvalue weighted by molar-refractivity contribution is 5.81. The number of esters is 1. The van der Waals surface area contributed by atoms with Crippen molar-refractivity contribution >= 4 is 12.2 Å². The normalized spacial score (nSPS) is 11.0. The third-order valence-corrected chi connectivity index (χ3v) is 2.65. The van der Waals surface area contributed by atoms with Crippen molar-refractivity contribution in [2.45, 2.75) is 20.0 Å². The lowest BCUT2D eigenvalue weighted by Crippen LogP contribution is -2.18. The summed E-state index contributed by atoms with van der Waals surface area (Å²) in [5.41, 5.74) is 0.799. The summed E-state index contributed by atoms with van der Waals surface area (Å²) in [5, 5.41) is 11.5. The summed E-state index contributed by atoms with van der Waals surface area (Å²) in [5.74, 6) is 0.519. The Kier molecular flexibility index (Phi) is 5.67. The van der Waals surface area contributed by atoms with Crippen LogP contribution in [0.5, 0.6) is 11.5 Å². The summed E-state index contributed by atoms with van der Waals surface area (Å²) in [7, 11) is 1.52. The highest BCUT2D eigenvalue weighted by Crippen LogP contribution is 2.27. The van der Waals surface area contributed by atoms with Crippen LogP contribution in [0.15, 0.2) is 36.0 Å². The second-order valence-corrected chi connectivity index (χ2v) is 4.82. The zero-order valence-corrected chi connectivity index (χ0v) is 13.2. The fourth-order valence-electron chi connectivity index (χ4n) is 1.71. The minimum absolute atomic E-state index is 0.177. The summed E-state index contributed by atoms with van der Waals surface area (Å²) >= 11 is 0. The van der Waals surface area contributed by atoms with Gasteiger partial charge < -0.3 is 14.2 Å². The van der Waals surface area contributed by atoms with E-state index in [9.17, 15) is 4.79 Å². The van der Waals surface area contributed by atoms with Crippen molar-refractivity contribution in [2.24, 2.45) is 5.10 Å². The van der Waals surface area contributed by atoms with Gasteiger partial charge in [-0.05, 0) is 37.6 Å². The van der Waals surface area contributed by atoms with Crippen LogP contribution < -0.4 is 9.47 Å². The van der Waals surface area contributed by atoms with Gasteiger partial charge in [-0.25, -0.2) is 9.47 Å². The van der Waals surface area contributed by atoms with Crippen LogP contribution in [0.1, 0.15) is 19.4 Å². The molecule has 0 aliphatic rings. The number of benzene rings is 1. The van der Waals surface area contributed by atoms with E-state index < -0.39 is 5.97 Å². The molecule has 0 fully saturated rings. The Bertz CT molecular complexity index is 668. The smallest absolute Gasteiger partial charge is 0.344 e. The Hall–Kier alpha value is -2.90. The predicted octanol–water partition coefficient (Wildman–Crippen LogP) is 1.50. The third-order valence-electron chi connectivity index (χ3n) is 2.65. The van der Waals surface area contributed by atoms with Crippen molar-refractivity contribution in [3.05, 3.63) is 36.4 Å². The van der Waals surface area contributed by atoms with Gasteiger partial charge in [-0.2, -0.15) is 5.10 Å². The largest absolute Gasteiger partial charge is 0.493 e. The van der Waals surface area contributed by atoms with Crippen LogP contribution in [0.3, 0.4) is 0 Å². The molecule has 0 atom stereocenters. The molecule has 1 aromatic carbocycles. The number of carbonyl (C=O) groups is 1. The number of hydrogen-bond acceptors (Lipinski definition) is 7. The summed E-state index contributed by atoms with van der Waals surface area (Å²) in [6.45, 7) is 3.38. The van der Waals surface area contributed by atoms with Crippen LogP contribution in [0, 0.1) is 0 Å². The van der Waals surface area contributed by atoms with Crippen molar-refractivity contribution < 1.29 is 19.0 Å². The van der Waals surface area contributed by atoms with Crippen molar-refractivity contribution in [3.8, 4) is 11.5 Å². The van der Waals surface area contributed by atoms with Gasteiger partial charge in [-0.3, -0.25) is 0 Å². The van der Waals surface area contributed by atoms with Crippen LogP contribution in [0.4, 0.5) is 0 Å². The maximum Gasteiger partial charge on any atom is 0.344 e. The molecule has 0 aliphatic carbocycles. The molecular formula is C15H18N4O4. The van der Waals surface area contributed by atoms with Crippen molar-refractivity contribution in [3.63, 3.8) is 0 Å². The van der Waals surface area contributed by atoms with Gasteiger partial charge in [0.1, 0.15) is 12.7 Å². The molecule has 0 bridgehead atoms. The van der Waals surface area contributed by atoms with E-state index in [2.05, 4.69) is 15.3 Å². The van der Waals surface area contributed by atoms with Crippen molar-refractivity contribution in [1.82, 2.24) is 14.9 Å². The first-order valence-electron chi connectivity index (χ1n) is 6.98. The molecule has 2 aromatic rings. The quantitative estimate of drug-likeness (QED) is 0.568. The van der Waals surface area contributed by atoms with Crippen LogP contribution in [-0.4, -0.2) is 46.9 Å². The Morgan fingerprint density at radius 2 is 2.04 bits per heavy atom. The molecule has 0 radical (unpaired) electrons. The topological polar surface area (TPSA) is 87.8 Å². The lowest BCUT2D eigenvalue weighted by Gasteiger charge is -2.12. The van der Waals surface area contributed by atoms with Crippen LogP contribution in [0.25, 0.3) is 0 Å². The monoisotopic (exact) mass is 318 g/mol. The number of ether oxygens (including phenoxy) is 3. The summed E-state index contributed by atoms with van der Waals surface area (Å²) in [6.07, 6.45) is 4.41. The highest BCUT2D eigenvalue weighted by Gasteiger charge is 2.10. The van der Waals surface area contributed by atoms with Gasteiger partial charge in [-0.15, -0.1) is 10.2 Å². The van der Waals surface area contributed by atoms with E-state index in [1.165, 1.54) is 24.4 Å². The molecule has 0 spiro atoms. The average molecular weight is 318 g/mol. The minimum Gasteiger partial charge on any atom is -0.493 e. The fourth-order valence-corrected chi connectivity index (χ4v) is 1.71. The van der Waals surface area contributed by atoms with Crippen LogP contribution >= 0.6 is 0 Å². The molecule has 23 heavy (non-hydrogen) atoms. The van der Waals surface area contributed by atoms with Crippen LogP contribution in [-0.2, 0) is 9.53 Å². The molecule has 8 nitrogen and oxygen atoms in total. The van der Waals surface area contributed by atoms with Gasteiger partial charge in [-0.1, -0.05) is 0 Å². The summed E-state index contributed by atoms with van der Waals surface area (Å²) < 4.78 is 17.2. The Morgan fingerprint density at radius 1 is 1.30 bits per heavy atom. The van der Waals surface area contributed by atoms with E-state index in [1.54, 1.807) is 38.3 Å². The van der Waals surface area contributed by atoms with E-state index in [4.69, 9.17) is 14.2 Å². The number of methoxy groups -OCH3 is 1. The van der Waals surface area contributed by atoms with E-state index >= 15 is 0 Å². The highest BCUT2D eigenvalue weighted by atomic mass is 16.6. The molecule has 0 saturated heterocycles. The van der Waals surface area contributed by atoms with Gasteiger partial charge in [0.25, 0.3) is 0 Å². The number of aromatic nitrogens is 3. The Morgan fingerprint density at radius 3 is 2.70 bits per heavy atom. The first-order valence-corrected chi connectivity index (χ1v) is 6.98. The number of hydrogen-bond donors (Lipinski definition) is 0. The lowest BCUT2D eigenvalue weighted by molar-refractivity contribution is -0.149. The molecular weight excluding hydrogens is 300 g/mol. The maximum absolute atomic E-state index is 11.5. The van der Waals surface area contributed by atoms with Gasteiger partial charge in [0.05, 0.1) is 19.4 Å². The summed E-state index contributed by atoms with van der Waals surface area (Å²) in [6, 6.07) is 5.24. The molecule has 1 heterocycles. The molecule has 122 valence electrons. The zero-order chi connectivity index (χ0) is 16.7. The predicted molar refractivity (Wildman–Crippen MR) is 82.7 cm³/mol. The minimum atomic E-state index is -0.430. The van der Waals surface area contributed by atoms with Crippen molar-refractivity contribution in [2.75, 3.05) is 13.7 Å². The number of rotatable bonds is 7. The third kappa shape index (κ3) is 5.10. The van der Waals surface area contributed by atoms with E-state index in [0.29, 0.717) is 11.5 Å². The first-order chi connectivity index (χ1) is 11.1. The Balaban J connectivity index is 2.03. The van der Waals surface area contributed by atoms with Crippen molar-refractivity contribution in [1.29, 1.82) is 0 Å². The molecule has 2 rings (SSSR count). The molecule has 0 amide bonds. The first kappa shape index (κ1) is 16.5. The van der Waals surface area contributed by atoms with Gasteiger partial charge in [0.15, 0.2) is 18.1 Å². The number of nitrogens with zero attached hydrogens (tertiary/aromatic N) is 4. The van der Waals surface area contributed by atoms with Crippen LogP contribution in [0.2, 0.25) is 0 Å². The summed E-state index contributed by atoms with van der Waals surface area (Å²) in [4.78, 5) is 11.5. The van der Waals surface area contributed by atoms with Gasteiger partial charge in [0.2, 0.25) is 0 Å². The molecule has 1 aromatic heterocycles. The molecule has 0 unspecified atom stereocenters. The van der Waals surface area contributed by atoms with Gasteiger partial charge in [0, 0.05) is 0 Å². The second-order valence-electron chi connectivity index (χ2n) is 4.82. The van der Waals surface area contributed by atoms with E-state index in [0.717, 1.165) is 5.56 Å². The molecule has 0 aliphatic heterocycles. The molecule has 0 N–H and O–H groups in total.